The van der Waals surface area contributed by atoms with E-state index in [0.717, 1.165) is 18.8 Å². The average molecular weight is 180 g/mol. The molecule has 0 spiro atoms. The molecule has 0 aliphatic rings. The van der Waals surface area contributed by atoms with Gasteiger partial charge in [-0.1, -0.05) is 46.5 Å². The van der Waals surface area contributed by atoms with Gasteiger partial charge in [-0.15, -0.1) is 11.8 Å². The fourth-order valence-corrected chi connectivity index (χ4v) is 1.33. The molecular formula is C13H24. The summed E-state index contributed by atoms with van der Waals surface area (Å²) in [5.41, 5.74) is 0. The van der Waals surface area contributed by atoms with E-state index >= 15 is 0 Å². The van der Waals surface area contributed by atoms with E-state index in [1.54, 1.807) is 0 Å². The first kappa shape index (κ1) is 12.6. The molecule has 0 aliphatic carbocycles. The van der Waals surface area contributed by atoms with Gasteiger partial charge >= 0.3 is 0 Å². The molecule has 0 bridgehead atoms. The molecule has 0 N–H and O–H groups in total. The molecule has 0 nitrogen and oxygen atoms in total. The largest absolute Gasteiger partial charge is 0.104 e. The molecule has 0 aromatic heterocycles. The van der Waals surface area contributed by atoms with Crippen LogP contribution in [0.2, 0.25) is 0 Å². The summed E-state index contributed by atoms with van der Waals surface area (Å²) < 4.78 is 0. The summed E-state index contributed by atoms with van der Waals surface area (Å²) in [5, 5.41) is 0. The van der Waals surface area contributed by atoms with E-state index in [1.807, 2.05) is 0 Å². The first-order chi connectivity index (χ1) is 6.27. The third kappa shape index (κ3) is 11.6. The lowest BCUT2D eigenvalue weighted by Gasteiger charge is -2.02. The lowest BCUT2D eigenvalue weighted by Crippen LogP contribution is -1.86. The Morgan fingerprint density at radius 3 is 2.23 bits per heavy atom. The molecule has 0 aliphatic heterocycles. The molecule has 0 rings (SSSR count). The first-order valence-corrected chi connectivity index (χ1v) is 5.73. The quantitative estimate of drug-likeness (QED) is 0.420. The Balaban J connectivity index is 3.00. The van der Waals surface area contributed by atoms with Crippen molar-refractivity contribution in [2.75, 3.05) is 0 Å². The molecule has 0 saturated heterocycles. The third-order valence-corrected chi connectivity index (χ3v) is 2.14. The van der Waals surface area contributed by atoms with E-state index in [1.165, 1.54) is 32.1 Å². The maximum absolute atomic E-state index is 3.18. The van der Waals surface area contributed by atoms with E-state index in [9.17, 15) is 0 Å². The maximum atomic E-state index is 3.18. The zero-order chi connectivity index (χ0) is 9.94. The van der Waals surface area contributed by atoms with E-state index < -0.39 is 0 Å². The summed E-state index contributed by atoms with van der Waals surface area (Å²) in [5.74, 6) is 7.17. The van der Waals surface area contributed by atoms with Crippen molar-refractivity contribution >= 4 is 0 Å². The van der Waals surface area contributed by atoms with Gasteiger partial charge in [-0.3, -0.25) is 0 Å². The maximum Gasteiger partial charge on any atom is 0.00886 e. The highest BCUT2D eigenvalue weighted by Gasteiger charge is 1.93. The van der Waals surface area contributed by atoms with Crippen molar-refractivity contribution in [2.45, 2.75) is 65.7 Å². The molecule has 0 fully saturated rings. The summed E-state index contributed by atoms with van der Waals surface area (Å²) in [6, 6.07) is 0. The van der Waals surface area contributed by atoms with Crippen LogP contribution in [0.1, 0.15) is 65.7 Å². The van der Waals surface area contributed by atoms with Crippen molar-refractivity contribution in [1.29, 1.82) is 0 Å². The number of unbranched alkanes of at least 4 members (excludes halogenated alkanes) is 4. The lowest BCUT2D eigenvalue weighted by molar-refractivity contribution is 0.522. The Morgan fingerprint density at radius 2 is 1.62 bits per heavy atom. The van der Waals surface area contributed by atoms with Gasteiger partial charge in [0.15, 0.2) is 0 Å². The van der Waals surface area contributed by atoms with Crippen molar-refractivity contribution in [3.63, 3.8) is 0 Å². The number of hydrogen-bond acceptors (Lipinski definition) is 0. The second-order valence-electron chi connectivity index (χ2n) is 4.05. The van der Waals surface area contributed by atoms with Crippen molar-refractivity contribution in [3.8, 4) is 11.8 Å². The van der Waals surface area contributed by atoms with Crippen LogP contribution in [0.5, 0.6) is 0 Å². The molecule has 0 amide bonds. The van der Waals surface area contributed by atoms with Gasteiger partial charge in [0.05, 0.1) is 0 Å². The lowest BCUT2D eigenvalue weighted by atomic mass is 10.0. The highest BCUT2D eigenvalue weighted by Crippen LogP contribution is 2.09. The van der Waals surface area contributed by atoms with Crippen LogP contribution in [0, 0.1) is 17.8 Å². The normalized spacial score (nSPS) is 9.85. The molecule has 0 atom stereocenters. The van der Waals surface area contributed by atoms with Gasteiger partial charge in [-0.25, -0.2) is 0 Å². The van der Waals surface area contributed by atoms with Gasteiger partial charge in [0.2, 0.25) is 0 Å². The summed E-state index contributed by atoms with van der Waals surface area (Å²) in [6.07, 6.45) is 8.96. The van der Waals surface area contributed by atoms with Crippen LogP contribution in [0.3, 0.4) is 0 Å². The molecule has 0 saturated carbocycles. The van der Waals surface area contributed by atoms with Gasteiger partial charge in [-0.05, 0) is 12.3 Å². The molecule has 0 unspecified atom stereocenters. The topological polar surface area (TPSA) is 0 Å². The predicted octanol–water partition coefficient (Wildman–Crippen LogP) is 4.40. The second kappa shape index (κ2) is 9.65. The SMILES string of the molecule is CCC#CCCCCCCC(C)C. The van der Waals surface area contributed by atoms with Crippen LogP contribution in [0.15, 0.2) is 0 Å². The first-order valence-electron chi connectivity index (χ1n) is 5.73. The minimum absolute atomic E-state index is 0.875. The zero-order valence-corrected chi connectivity index (χ0v) is 9.53. The van der Waals surface area contributed by atoms with Crippen molar-refractivity contribution in [3.05, 3.63) is 0 Å². The molecule has 0 heteroatoms. The smallest absolute Gasteiger partial charge is 0.00886 e. The summed E-state index contributed by atoms with van der Waals surface area (Å²) in [7, 11) is 0. The van der Waals surface area contributed by atoms with Crippen LogP contribution in [-0.2, 0) is 0 Å². The minimum Gasteiger partial charge on any atom is -0.104 e. The van der Waals surface area contributed by atoms with Crippen LogP contribution in [0.4, 0.5) is 0 Å². The Hall–Kier alpha value is -0.440. The van der Waals surface area contributed by atoms with Crippen LogP contribution < -0.4 is 0 Å². The van der Waals surface area contributed by atoms with Crippen LogP contribution in [-0.4, -0.2) is 0 Å². The Kier molecular flexibility index (Phi) is 9.32. The van der Waals surface area contributed by atoms with Gasteiger partial charge in [0.1, 0.15) is 0 Å². The van der Waals surface area contributed by atoms with Crippen molar-refractivity contribution in [2.24, 2.45) is 5.92 Å². The molecule has 0 heterocycles. The van der Waals surface area contributed by atoms with Gasteiger partial charge in [-0.2, -0.15) is 0 Å². The molecule has 13 heavy (non-hydrogen) atoms. The van der Waals surface area contributed by atoms with Crippen LogP contribution >= 0.6 is 0 Å². The van der Waals surface area contributed by atoms with Gasteiger partial charge in [0.25, 0.3) is 0 Å². The molecule has 0 aromatic carbocycles. The van der Waals surface area contributed by atoms with E-state index in [-0.39, 0.29) is 0 Å². The van der Waals surface area contributed by atoms with Gasteiger partial charge < -0.3 is 0 Å². The zero-order valence-electron chi connectivity index (χ0n) is 9.53. The van der Waals surface area contributed by atoms with Crippen molar-refractivity contribution in [1.82, 2.24) is 0 Å². The number of hydrogen-bond donors (Lipinski definition) is 0. The molecule has 0 aromatic rings. The minimum atomic E-state index is 0.875. The van der Waals surface area contributed by atoms with E-state index in [2.05, 4.69) is 32.6 Å². The summed E-state index contributed by atoms with van der Waals surface area (Å²) in [6.45, 7) is 6.70. The molecule has 76 valence electrons. The monoisotopic (exact) mass is 180 g/mol. The van der Waals surface area contributed by atoms with Gasteiger partial charge in [0, 0.05) is 12.8 Å². The Morgan fingerprint density at radius 1 is 0.923 bits per heavy atom. The standard InChI is InChI=1S/C13H24/c1-4-5-6-7-8-9-10-11-12-13(2)3/h13H,4,7-12H2,1-3H3. The van der Waals surface area contributed by atoms with Crippen molar-refractivity contribution < 1.29 is 0 Å². The van der Waals surface area contributed by atoms with E-state index in [4.69, 9.17) is 0 Å². The van der Waals surface area contributed by atoms with E-state index in [0.29, 0.717) is 0 Å². The fraction of sp³-hybridized carbons (Fsp3) is 0.846. The Bertz CT molecular complexity index is 145. The summed E-state index contributed by atoms with van der Waals surface area (Å²) >= 11 is 0. The highest BCUT2D eigenvalue weighted by molar-refractivity contribution is 4.97. The summed E-state index contributed by atoms with van der Waals surface area (Å²) in [4.78, 5) is 0. The second-order valence-corrected chi connectivity index (χ2v) is 4.05. The molecule has 0 radical (unpaired) electrons. The average Bonchev–Trinajstić information content (AvgIpc) is 2.09. The fourth-order valence-electron chi connectivity index (χ4n) is 1.33. The van der Waals surface area contributed by atoms with Crippen LogP contribution in [0.25, 0.3) is 0 Å². The predicted molar refractivity (Wildman–Crippen MR) is 60.6 cm³/mol. The third-order valence-electron chi connectivity index (χ3n) is 2.14. The molecular weight excluding hydrogens is 156 g/mol. The highest BCUT2D eigenvalue weighted by atomic mass is 14.0. The number of rotatable bonds is 6. The Labute approximate surface area is 84.1 Å².